The molecule has 2 aromatic heterocycles. The van der Waals surface area contributed by atoms with Crippen molar-refractivity contribution in [3.8, 4) is 11.1 Å². The van der Waals surface area contributed by atoms with E-state index in [9.17, 15) is 0 Å². The molecule has 3 heteroatoms. The second kappa shape index (κ2) is 6.95. The summed E-state index contributed by atoms with van der Waals surface area (Å²) in [5.41, 5.74) is 7.81. The van der Waals surface area contributed by atoms with E-state index in [0.29, 0.717) is 5.41 Å². The summed E-state index contributed by atoms with van der Waals surface area (Å²) < 4.78 is 0. The van der Waals surface area contributed by atoms with Crippen molar-refractivity contribution in [1.29, 1.82) is 0 Å². The Balaban J connectivity index is 1.91. The van der Waals surface area contributed by atoms with Gasteiger partial charge in [-0.15, -0.1) is 0 Å². The SMILES string of the molecule is CCc1c(C)ncc(-c2cccc3cccnc23)c1N1CCC(C)(C)CC1. The van der Waals surface area contributed by atoms with Gasteiger partial charge in [0.05, 0.1) is 11.2 Å². The van der Waals surface area contributed by atoms with E-state index in [0.717, 1.165) is 30.7 Å². The Morgan fingerprint density at radius 2 is 1.74 bits per heavy atom. The van der Waals surface area contributed by atoms with Crippen LogP contribution in [0.5, 0.6) is 0 Å². The minimum Gasteiger partial charge on any atom is -0.371 e. The fourth-order valence-electron chi connectivity index (χ4n) is 4.27. The van der Waals surface area contributed by atoms with E-state index < -0.39 is 0 Å². The largest absolute Gasteiger partial charge is 0.371 e. The quantitative estimate of drug-likeness (QED) is 0.592. The van der Waals surface area contributed by atoms with Crippen LogP contribution in [0, 0.1) is 12.3 Å². The number of aryl methyl sites for hydroxylation is 1. The Labute approximate surface area is 162 Å². The lowest BCUT2D eigenvalue weighted by Crippen LogP contribution is -2.38. The van der Waals surface area contributed by atoms with Gasteiger partial charge in [0.1, 0.15) is 0 Å². The molecule has 27 heavy (non-hydrogen) atoms. The standard InChI is InChI=1S/C24H29N3/c1-5-19-17(2)26-16-21(23(19)27-14-11-24(3,4)12-15-27)20-10-6-8-18-9-7-13-25-22(18)20/h6-10,13,16H,5,11-12,14-15H2,1-4H3. The highest BCUT2D eigenvalue weighted by atomic mass is 15.1. The number of fused-ring (bicyclic) bond motifs is 1. The van der Waals surface area contributed by atoms with Gasteiger partial charge in [-0.1, -0.05) is 45.0 Å². The summed E-state index contributed by atoms with van der Waals surface area (Å²) in [4.78, 5) is 12.1. The highest BCUT2D eigenvalue weighted by Crippen LogP contribution is 2.41. The molecule has 1 aromatic carbocycles. The Kier molecular flexibility index (Phi) is 4.63. The molecule has 0 radical (unpaired) electrons. The fraction of sp³-hybridized carbons (Fsp3) is 0.417. The number of hydrogen-bond acceptors (Lipinski definition) is 3. The second-order valence-electron chi connectivity index (χ2n) is 8.47. The molecule has 0 N–H and O–H groups in total. The molecule has 0 atom stereocenters. The molecule has 1 saturated heterocycles. The number of aromatic nitrogens is 2. The van der Waals surface area contributed by atoms with Gasteiger partial charge in [-0.25, -0.2) is 0 Å². The van der Waals surface area contributed by atoms with Crippen molar-refractivity contribution < 1.29 is 0 Å². The molecule has 0 bridgehead atoms. The molecular formula is C24H29N3. The first-order valence-corrected chi connectivity index (χ1v) is 10.1. The third-order valence-electron chi connectivity index (χ3n) is 6.07. The van der Waals surface area contributed by atoms with Gasteiger partial charge in [0.2, 0.25) is 0 Å². The van der Waals surface area contributed by atoms with Crippen LogP contribution in [-0.2, 0) is 6.42 Å². The van der Waals surface area contributed by atoms with Crippen LogP contribution in [0.2, 0.25) is 0 Å². The van der Waals surface area contributed by atoms with E-state index in [1.807, 2.05) is 12.3 Å². The number of hydrogen-bond donors (Lipinski definition) is 0. The molecule has 4 rings (SSSR count). The molecule has 0 spiro atoms. The summed E-state index contributed by atoms with van der Waals surface area (Å²) >= 11 is 0. The number of pyridine rings is 2. The summed E-state index contributed by atoms with van der Waals surface area (Å²) in [5, 5.41) is 1.18. The van der Waals surface area contributed by atoms with Gasteiger partial charge >= 0.3 is 0 Å². The van der Waals surface area contributed by atoms with E-state index in [-0.39, 0.29) is 0 Å². The average Bonchev–Trinajstić information content (AvgIpc) is 2.67. The first kappa shape index (κ1) is 18.0. The minimum atomic E-state index is 0.437. The van der Waals surface area contributed by atoms with Crippen LogP contribution in [0.3, 0.4) is 0 Å². The van der Waals surface area contributed by atoms with Crippen LogP contribution in [0.15, 0.2) is 42.7 Å². The van der Waals surface area contributed by atoms with Gasteiger partial charge in [0, 0.05) is 47.7 Å². The predicted octanol–water partition coefficient (Wildman–Crippen LogP) is 5.79. The summed E-state index contributed by atoms with van der Waals surface area (Å²) in [6, 6.07) is 10.6. The zero-order valence-electron chi connectivity index (χ0n) is 16.9. The molecule has 0 aliphatic carbocycles. The molecule has 1 aliphatic rings. The van der Waals surface area contributed by atoms with Crippen molar-refractivity contribution in [3.63, 3.8) is 0 Å². The Hall–Kier alpha value is -2.42. The molecule has 140 valence electrons. The normalized spacial score (nSPS) is 16.7. The molecule has 1 fully saturated rings. The van der Waals surface area contributed by atoms with Crippen molar-refractivity contribution in [2.75, 3.05) is 18.0 Å². The number of benzene rings is 1. The highest BCUT2D eigenvalue weighted by molar-refractivity contribution is 5.97. The molecule has 1 aliphatic heterocycles. The predicted molar refractivity (Wildman–Crippen MR) is 114 cm³/mol. The van der Waals surface area contributed by atoms with Gasteiger partial charge in [0.25, 0.3) is 0 Å². The van der Waals surface area contributed by atoms with Gasteiger partial charge < -0.3 is 4.90 Å². The van der Waals surface area contributed by atoms with Gasteiger partial charge in [-0.3, -0.25) is 9.97 Å². The monoisotopic (exact) mass is 359 g/mol. The van der Waals surface area contributed by atoms with Crippen LogP contribution in [0.1, 0.15) is 44.9 Å². The van der Waals surface area contributed by atoms with E-state index in [2.05, 4.69) is 63.1 Å². The third kappa shape index (κ3) is 3.31. The first-order chi connectivity index (χ1) is 13.0. The van der Waals surface area contributed by atoms with Gasteiger partial charge in [-0.05, 0) is 43.2 Å². The van der Waals surface area contributed by atoms with Crippen LogP contribution in [0.25, 0.3) is 22.0 Å². The van der Waals surface area contributed by atoms with Crippen molar-refractivity contribution in [3.05, 3.63) is 54.0 Å². The van der Waals surface area contributed by atoms with Crippen LogP contribution in [-0.4, -0.2) is 23.1 Å². The minimum absolute atomic E-state index is 0.437. The Morgan fingerprint density at radius 1 is 1.00 bits per heavy atom. The molecule has 3 nitrogen and oxygen atoms in total. The molecular weight excluding hydrogens is 330 g/mol. The summed E-state index contributed by atoms with van der Waals surface area (Å²) in [5.74, 6) is 0. The van der Waals surface area contributed by atoms with E-state index in [1.54, 1.807) is 0 Å². The highest BCUT2D eigenvalue weighted by Gasteiger charge is 2.28. The van der Waals surface area contributed by atoms with E-state index in [4.69, 9.17) is 9.97 Å². The number of nitrogens with zero attached hydrogens (tertiary/aromatic N) is 3. The maximum atomic E-state index is 4.76. The zero-order valence-corrected chi connectivity index (χ0v) is 16.9. The molecule has 0 saturated carbocycles. The van der Waals surface area contributed by atoms with Crippen LogP contribution >= 0.6 is 0 Å². The number of anilines is 1. The number of para-hydroxylation sites is 1. The summed E-state index contributed by atoms with van der Waals surface area (Å²) in [7, 11) is 0. The maximum absolute atomic E-state index is 4.76. The van der Waals surface area contributed by atoms with Crippen LogP contribution < -0.4 is 4.90 Å². The van der Waals surface area contributed by atoms with Crippen molar-refractivity contribution in [2.45, 2.75) is 47.0 Å². The second-order valence-corrected chi connectivity index (χ2v) is 8.47. The lowest BCUT2D eigenvalue weighted by Gasteiger charge is -2.40. The number of piperidine rings is 1. The lowest BCUT2D eigenvalue weighted by molar-refractivity contribution is 0.279. The average molecular weight is 360 g/mol. The van der Waals surface area contributed by atoms with E-state index in [1.165, 1.54) is 40.6 Å². The van der Waals surface area contributed by atoms with Gasteiger partial charge in [0.15, 0.2) is 0 Å². The molecule has 0 unspecified atom stereocenters. The Morgan fingerprint density at radius 3 is 2.48 bits per heavy atom. The summed E-state index contributed by atoms with van der Waals surface area (Å²) in [6.45, 7) is 11.4. The molecule has 0 amide bonds. The summed E-state index contributed by atoms with van der Waals surface area (Å²) in [6.07, 6.45) is 7.40. The zero-order chi connectivity index (χ0) is 19.0. The lowest BCUT2D eigenvalue weighted by atomic mass is 9.82. The number of rotatable bonds is 3. The third-order valence-corrected chi connectivity index (χ3v) is 6.07. The maximum Gasteiger partial charge on any atom is 0.0781 e. The smallest absolute Gasteiger partial charge is 0.0781 e. The topological polar surface area (TPSA) is 29.0 Å². The van der Waals surface area contributed by atoms with E-state index >= 15 is 0 Å². The Bertz CT molecular complexity index is 959. The first-order valence-electron chi connectivity index (χ1n) is 10.1. The van der Waals surface area contributed by atoms with Crippen molar-refractivity contribution in [2.24, 2.45) is 5.41 Å². The van der Waals surface area contributed by atoms with Crippen molar-refractivity contribution in [1.82, 2.24) is 9.97 Å². The molecule has 3 heterocycles. The van der Waals surface area contributed by atoms with Gasteiger partial charge in [-0.2, -0.15) is 0 Å². The van der Waals surface area contributed by atoms with Crippen molar-refractivity contribution >= 4 is 16.6 Å². The fourth-order valence-corrected chi connectivity index (χ4v) is 4.27. The molecule has 3 aromatic rings. The van der Waals surface area contributed by atoms with Crippen LogP contribution in [0.4, 0.5) is 5.69 Å².